The van der Waals surface area contributed by atoms with E-state index < -0.39 is 5.82 Å². The number of aromatic nitrogens is 1. The molecular weight excluding hydrogens is 281 g/mol. The van der Waals surface area contributed by atoms with Crippen LogP contribution in [0.4, 0.5) is 14.9 Å². The van der Waals surface area contributed by atoms with Crippen LogP contribution in [-0.2, 0) is 0 Å². The third kappa shape index (κ3) is 2.93. The number of benzene rings is 1. The number of hydrogen-bond donors (Lipinski definition) is 1. The van der Waals surface area contributed by atoms with Gasteiger partial charge in [-0.15, -0.1) is 0 Å². The van der Waals surface area contributed by atoms with Gasteiger partial charge in [0.05, 0.1) is 11.9 Å². The zero-order chi connectivity index (χ0) is 15.5. The number of carbonyl (C=O) groups is 1. The van der Waals surface area contributed by atoms with Gasteiger partial charge in [0.2, 0.25) is 0 Å². The Morgan fingerprint density at radius 3 is 2.82 bits per heavy atom. The van der Waals surface area contributed by atoms with Gasteiger partial charge in [-0.3, -0.25) is 4.98 Å². The minimum atomic E-state index is -0.526. The van der Waals surface area contributed by atoms with Crippen molar-refractivity contribution < 1.29 is 9.18 Å². The van der Waals surface area contributed by atoms with Crippen LogP contribution in [0.15, 0.2) is 48.8 Å². The Hall–Kier alpha value is -2.43. The van der Waals surface area contributed by atoms with Crippen molar-refractivity contribution in [2.45, 2.75) is 25.3 Å². The average molecular weight is 299 g/mol. The summed E-state index contributed by atoms with van der Waals surface area (Å²) in [6.45, 7) is 2.66. The molecule has 5 heteroatoms. The molecule has 114 valence electrons. The number of anilines is 1. The second-order valence-corrected chi connectivity index (χ2v) is 5.63. The summed E-state index contributed by atoms with van der Waals surface area (Å²) in [6, 6.07) is 11.5. The molecule has 0 bridgehead atoms. The molecule has 0 saturated carbocycles. The third-order valence-corrected chi connectivity index (χ3v) is 4.12. The van der Waals surface area contributed by atoms with Gasteiger partial charge >= 0.3 is 6.03 Å². The van der Waals surface area contributed by atoms with E-state index in [1.165, 1.54) is 17.8 Å². The van der Waals surface area contributed by atoms with Crippen LogP contribution in [0.5, 0.6) is 0 Å². The summed E-state index contributed by atoms with van der Waals surface area (Å²) in [4.78, 5) is 17.8. The van der Waals surface area contributed by atoms with E-state index >= 15 is 0 Å². The lowest BCUT2D eigenvalue weighted by Crippen LogP contribution is -2.37. The summed E-state index contributed by atoms with van der Waals surface area (Å²) in [5.41, 5.74) is 1.40. The highest BCUT2D eigenvalue weighted by molar-refractivity contribution is 5.89. The summed E-state index contributed by atoms with van der Waals surface area (Å²) < 4.78 is 13.6. The molecule has 2 atom stereocenters. The second kappa shape index (κ2) is 6.13. The molecule has 0 unspecified atom stereocenters. The summed E-state index contributed by atoms with van der Waals surface area (Å²) in [6.07, 6.45) is 3.46. The molecule has 1 aliphatic rings. The van der Waals surface area contributed by atoms with E-state index in [9.17, 15) is 9.18 Å². The van der Waals surface area contributed by atoms with Gasteiger partial charge in [-0.05, 0) is 25.0 Å². The van der Waals surface area contributed by atoms with Crippen molar-refractivity contribution in [1.29, 1.82) is 0 Å². The number of pyridine rings is 1. The molecule has 1 N–H and O–H groups in total. The molecule has 2 amide bonds. The first-order chi connectivity index (χ1) is 10.6. The van der Waals surface area contributed by atoms with Crippen molar-refractivity contribution in [3.8, 4) is 0 Å². The molecule has 1 aliphatic heterocycles. The van der Waals surface area contributed by atoms with E-state index in [4.69, 9.17) is 0 Å². The molecule has 22 heavy (non-hydrogen) atoms. The number of nitrogens with zero attached hydrogens (tertiary/aromatic N) is 2. The highest BCUT2D eigenvalue weighted by Crippen LogP contribution is 2.31. The molecule has 4 nitrogen and oxygen atoms in total. The van der Waals surface area contributed by atoms with E-state index in [2.05, 4.69) is 22.4 Å². The lowest BCUT2D eigenvalue weighted by Gasteiger charge is -2.22. The van der Waals surface area contributed by atoms with Crippen LogP contribution in [0.2, 0.25) is 0 Å². The third-order valence-electron chi connectivity index (χ3n) is 4.12. The van der Waals surface area contributed by atoms with Gasteiger partial charge < -0.3 is 10.2 Å². The Morgan fingerprint density at radius 1 is 1.32 bits per heavy atom. The van der Waals surface area contributed by atoms with Gasteiger partial charge in [-0.2, -0.15) is 0 Å². The number of nitrogens with one attached hydrogen (secondary N) is 1. The van der Waals surface area contributed by atoms with Crippen LogP contribution in [0, 0.1) is 5.82 Å². The number of urea groups is 1. The average Bonchev–Trinajstić information content (AvgIpc) is 2.92. The lowest BCUT2D eigenvalue weighted by atomic mass is 9.97. The largest absolute Gasteiger partial charge is 0.322 e. The lowest BCUT2D eigenvalue weighted by molar-refractivity contribution is 0.209. The van der Waals surface area contributed by atoms with Gasteiger partial charge in [0.25, 0.3) is 0 Å². The van der Waals surface area contributed by atoms with E-state index in [1.807, 2.05) is 25.1 Å². The van der Waals surface area contributed by atoms with Gasteiger partial charge in [0.15, 0.2) is 5.82 Å². The van der Waals surface area contributed by atoms with Crippen LogP contribution >= 0.6 is 0 Å². The maximum absolute atomic E-state index is 13.6. The molecule has 1 saturated heterocycles. The Labute approximate surface area is 129 Å². The zero-order valence-electron chi connectivity index (χ0n) is 12.4. The van der Waals surface area contributed by atoms with Crippen LogP contribution in [0.25, 0.3) is 0 Å². The molecular formula is C17H18FN3O. The zero-order valence-corrected chi connectivity index (χ0v) is 12.4. The Kier molecular flexibility index (Phi) is 4.04. The smallest absolute Gasteiger partial charge is 0.321 e. The van der Waals surface area contributed by atoms with Gasteiger partial charge in [0.1, 0.15) is 0 Å². The first-order valence-electron chi connectivity index (χ1n) is 7.37. The van der Waals surface area contributed by atoms with Crippen LogP contribution in [0.3, 0.4) is 0 Å². The number of likely N-dealkylation sites (tertiary alicyclic amines) is 1. The molecule has 2 aromatic rings. The van der Waals surface area contributed by atoms with Gasteiger partial charge in [-0.25, -0.2) is 9.18 Å². The van der Waals surface area contributed by atoms with Crippen molar-refractivity contribution >= 4 is 11.7 Å². The maximum Gasteiger partial charge on any atom is 0.322 e. The number of carbonyl (C=O) groups excluding carboxylic acids is 1. The molecule has 1 aromatic carbocycles. The molecule has 0 radical (unpaired) electrons. The molecule has 0 spiro atoms. The Morgan fingerprint density at radius 2 is 2.09 bits per heavy atom. The quantitative estimate of drug-likeness (QED) is 0.920. The highest BCUT2D eigenvalue weighted by atomic mass is 19.1. The normalized spacial score (nSPS) is 20.9. The molecule has 1 aromatic heterocycles. The first-order valence-corrected chi connectivity index (χ1v) is 7.37. The monoisotopic (exact) mass is 299 g/mol. The van der Waals surface area contributed by atoms with Gasteiger partial charge in [0, 0.05) is 24.7 Å². The van der Waals surface area contributed by atoms with Crippen molar-refractivity contribution in [3.63, 3.8) is 0 Å². The van der Waals surface area contributed by atoms with E-state index in [0.717, 1.165) is 12.6 Å². The fourth-order valence-corrected chi connectivity index (χ4v) is 2.94. The summed E-state index contributed by atoms with van der Waals surface area (Å²) in [7, 11) is 0. The summed E-state index contributed by atoms with van der Waals surface area (Å²) in [5, 5.41) is 2.63. The minimum Gasteiger partial charge on any atom is -0.321 e. The second-order valence-electron chi connectivity index (χ2n) is 5.63. The van der Waals surface area contributed by atoms with Crippen molar-refractivity contribution in [3.05, 3.63) is 60.2 Å². The van der Waals surface area contributed by atoms with E-state index in [-0.39, 0.29) is 17.8 Å². The highest BCUT2D eigenvalue weighted by Gasteiger charge is 2.33. The van der Waals surface area contributed by atoms with Crippen molar-refractivity contribution in [2.24, 2.45) is 0 Å². The number of halogens is 1. The minimum absolute atomic E-state index is 0.120. The predicted molar refractivity (Wildman–Crippen MR) is 83.2 cm³/mol. The standard InChI is InChI=1S/C17H18FN3O/c1-12-9-14(13-5-3-2-4-6-13)11-21(12)17(22)20-16-7-8-19-10-15(16)18/h2-8,10,12,14H,9,11H2,1H3,(H,19,20,22)/t12-,14+/m1/s1. The van der Waals surface area contributed by atoms with Crippen LogP contribution < -0.4 is 5.32 Å². The predicted octanol–water partition coefficient (Wildman–Crippen LogP) is 3.63. The SMILES string of the molecule is C[C@@H]1C[C@H](c2ccccc2)CN1C(=O)Nc1ccncc1F. The summed E-state index contributed by atoms with van der Waals surface area (Å²) >= 11 is 0. The van der Waals surface area contributed by atoms with Crippen molar-refractivity contribution in [2.75, 3.05) is 11.9 Å². The van der Waals surface area contributed by atoms with E-state index in [1.54, 1.807) is 4.90 Å². The van der Waals surface area contributed by atoms with Crippen molar-refractivity contribution in [1.82, 2.24) is 9.88 Å². The van der Waals surface area contributed by atoms with Crippen LogP contribution in [-0.4, -0.2) is 28.5 Å². The number of amides is 2. The first kappa shape index (κ1) is 14.5. The number of hydrogen-bond acceptors (Lipinski definition) is 2. The molecule has 0 aliphatic carbocycles. The molecule has 2 heterocycles. The van der Waals surface area contributed by atoms with E-state index in [0.29, 0.717) is 12.5 Å². The van der Waals surface area contributed by atoms with Crippen LogP contribution in [0.1, 0.15) is 24.8 Å². The fraction of sp³-hybridized carbons (Fsp3) is 0.294. The molecule has 3 rings (SSSR count). The Bertz CT molecular complexity index is 662. The Balaban J connectivity index is 1.70. The summed E-state index contributed by atoms with van der Waals surface area (Å²) in [5.74, 6) is -0.202. The maximum atomic E-state index is 13.6. The number of rotatable bonds is 2. The fourth-order valence-electron chi connectivity index (χ4n) is 2.94. The van der Waals surface area contributed by atoms with Gasteiger partial charge in [-0.1, -0.05) is 30.3 Å². The topological polar surface area (TPSA) is 45.2 Å². The molecule has 1 fully saturated rings.